The van der Waals surface area contributed by atoms with E-state index in [4.69, 9.17) is 0 Å². The molecule has 0 aromatic rings. The summed E-state index contributed by atoms with van der Waals surface area (Å²) in [7, 11) is 0. The molecule has 0 amide bonds. The van der Waals surface area contributed by atoms with Crippen LogP contribution >= 0.6 is 15.9 Å². The molecular formula is C9H13BrF6O. The summed E-state index contributed by atoms with van der Waals surface area (Å²) in [5.41, 5.74) is 0. The van der Waals surface area contributed by atoms with Gasteiger partial charge in [0.25, 0.3) is 0 Å². The van der Waals surface area contributed by atoms with Crippen molar-refractivity contribution in [3.8, 4) is 0 Å². The minimum atomic E-state index is -5.44. The van der Waals surface area contributed by atoms with E-state index in [1.807, 2.05) is 0 Å². The lowest BCUT2D eigenvalue weighted by Gasteiger charge is -2.26. The highest BCUT2D eigenvalue weighted by Crippen LogP contribution is 2.36. The second-order valence-corrected chi connectivity index (χ2v) is 4.60. The van der Waals surface area contributed by atoms with Crippen LogP contribution in [-0.2, 0) is 4.74 Å². The van der Waals surface area contributed by atoms with Gasteiger partial charge in [-0.25, -0.2) is 0 Å². The smallest absolute Gasteiger partial charge is 0.361 e. The van der Waals surface area contributed by atoms with Crippen LogP contribution in [0, 0.1) is 11.8 Å². The molecule has 0 saturated carbocycles. The normalized spacial score (nSPS) is 15.7. The molecule has 0 aliphatic heterocycles. The first-order valence-electron chi connectivity index (χ1n) is 4.81. The van der Waals surface area contributed by atoms with Gasteiger partial charge in [0.15, 0.2) is 0 Å². The summed E-state index contributed by atoms with van der Waals surface area (Å²) in [5.74, 6) is -0.473. The number of alkyl halides is 7. The van der Waals surface area contributed by atoms with Crippen molar-refractivity contribution in [1.29, 1.82) is 0 Å². The maximum atomic E-state index is 12.1. The van der Waals surface area contributed by atoms with E-state index in [1.165, 1.54) is 0 Å². The van der Waals surface area contributed by atoms with E-state index in [-0.39, 0.29) is 11.2 Å². The Morgan fingerprint density at radius 2 is 1.41 bits per heavy atom. The third-order valence-electron chi connectivity index (χ3n) is 2.21. The van der Waals surface area contributed by atoms with Crippen molar-refractivity contribution in [2.75, 3.05) is 11.9 Å². The molecule has 104 valence electrons. The Balaban J connectivity index is 4.58. The fourth-order valence-electron chi connectivity index (χ4n) is 1.01. The third kappa shape index (κ3) is 5.94. The first kappa shape index (κ1) is 17.0. The van der Waals surface area contributed by atoms with Crippen LogP contribution in [0.5, 0.6) is 0 Å². The van der Waals surface area contributed by atoms with Crippen LogP contribution in [0.1, 0.15) is 13.8 Å². The average Bonchev–Trinajstić information content (AvgIpc) is 2.07. The molecule has 0 saturated heterocycles. The van der Waals surface area contributed by atoms with Crippen molar-refractivity contribution in [1.82, 2.24) is 0 Å². The highest BCUT2D eigenvalue weighted by Gasteiger charge is 2.58. The Morgan fingerprint density at radius 3 is 1.65 bits per heavy atom. The fraction of sp³-hybridized carbons (Fsp3) is 1.00. The maximum absolute atomic E-state index is 12.1. The van der Waals surface area contributed by atoms with E-state index in [0.29, 0.717) is 0 Å². The lowest BCUT2D eigenvalue weighted by Crippen LogP contribution is -2.45. The number of hydrogen-bond donors (Lipinski definition) is 0. The number of rotatable bonds is 5. The maximum Gasteiger partial charge on any atom is 0.423 e. The molecule has 8 heteroatoms. The summed E-state index contributed by atoms with van der Waals surface area (Å²) >= 11 is 3.02. The zero-order valence-electron chi connectivity index (χ0n) is 9.20. The van der Waals surface area contributed by atoms with E-state index < -0.39 is 31.0 Å². The molecule has 0 N–H and O–H groups in total. The van der Waals surface area contributed by atoms with E-state index in [2.05, 4.69) is 20.7 Å². The van der Waals surface area contributed by atoms with Crippen molar-refractivity contribution < 1.29 is 31.1 Å². The fourth-order valence-corrected chi connectivity index (χ4v) is 1.94. The van der Waals surface area contributed by atoms with Crippen molar-refractivity contribution >= 4 is 15.9 Å². The predicted octanol–water partition coefficient (Wildman–Crippen LogP) is 4.16. The van der Waals surface area contributed by atoms with Crippen LogP contribution in [0.3, 0.4) is 0 Å². The Bertz CT molecular complexity index is 211. The molecule has 1 atom stereocenters. The molecule has 0 aliphatic rings. The van der Waals surface area contributed by atoms with Crippen molar-refractivity contribution in [2.45, 2.75) is 32.3 Å². The van der Waals surface area contributed by atoms with Crippen LogP contribution in [0.4, 0.5) is 26.3 Å². The van der Waals surface area contributed by atoms with Gasteiger partial charge in [-0.1, -0.05) is 29.8 Å². The summed E-state index contributed by atoms with van der Waals surface area (Å²) < 4.78 is 76.7. The molecule has 0 fully saturated rings. The summed E-state index contributed by atoms with van der Waals surface area (Å²) in [4.78, 5) is 0. The average molecular weight is 331 g/mol. The van der Waals surface area contributed by atoms with Gasteiger partial charge in [0.05, 0.1) is 6.61 Å². The topological polar surface area (TPSA) is 9.23 Å². The number of ether oxygens (including phenoxy) is 1. The zero-order valence-corrected chi connectivity index (χ0v) is 10.8. The Hall–Kier alpha value is 0.0200. The molecule has 0 aromatic carbocycles. The van der Waals surface area contributed by atoms with Crippen molar-refractivity contribution in [3.63, 3.8) is 0 Å². The van der Waals surface area contributed by atoms with E-state index in [1.54, 1.807) is 13.8 Å². The minimum Gasteiger partial charge on any atom is -0.361 e. The monoisotopic (exact) mass is 330 g/mol. The molecule has 1 nitrogen and oxygen atoms in total. The molecule has 0 aromatic heterocycles. The minimum absolute atomic E-state index is 0.0727. The highest BCUT2D eigenvalue weighted by atomic mass is 79.9. The third-order valence-corrected chi connectivity index (χ3v) is 3.04. The summed E-state index contributed by atoms with van der Waals surface area (Å²) in [6.07, 6.45) is -14.6. The van der Waals surface area contributed by atoms with Gasteiger partial charge in [0, 0.05) is 5.33 Å². The molecule has 0 aliphatic carbocycles. The van der Waals surface area contributed by atoms with Gasteiger partial charge in [-0.2, -0.15) is 26.3 Å². The predicted molar refractivity (Wildman–Crippen MR) is 54.0 cm³/mol. The second-order valence-electron chi connectivity index (χ2n) is 3.95. The van der Waals surface area contributed by atoms with Crippen LogP contribution in [0.15, 0.2) is 0 Å². The molecule has 0 rings (SSSR count). The van der Waals surface area contributed by atoms with Gasteiger partial charge in [0.2, 0.25) is 6.10 Å². The Labute approximate surface area is 104 Å². The molecular weight excluding hydrogens is 318 g/mol. The first-order chi connectivity index (χ1) is 7.50. The Morgan fingerprint density at radius 1 is 1.00 bits per heavy atom. The zero-order chi connectivity index (χ0) is 13.9. The SMILES string of the molecule is CC(C)C(CBr)COC(C(F)(F)F)C(F)(F)F. The van der Waals surface area contributed by atoms with Crippen LogP contribution in [0.25, 0.3) is 0 Å². The lowest BCUT2D eigenvalue weighted by molar-refractivity contribution is -0.323. The quantitative estimate of drug-likeness (QED) is 0.543. The molecule has 0 radical (unpaired) electrons. The summed E-state index contributed by atoms with van der Waals surface area (Å²) in [6, 6.07) is 0. The molecule has 1 unspecified atom stereocenters. The van der Waals surface area contributed by atoms with E-state index in [9.17, 15) is 26.3 Å². The van der Waals surface area contributed by atoms with Crippen LogP contribution in [-0.4, -0.2) is 30.4 Å². The Kier molecular flexibility index (Phi) is 6.27. The molecule has 0 heterocycles. The van der Waals surface area contributed by atoms with Crippen molar-refractivity contribution in [2.24, 2.45) is 11.8 Å². The van der Waals surface area contributed by atoms with E-state index in [0.717, 1.165) is 0 Å². The lowest BCUT2D eigenvalue weighted by atomic mass is 9.99. The van der Waals surface area contributed by atoms with Gasteiger partial charge < -0.3 is 4.74 Å². The van der Waals surface area contributed by atoms with Crippen LogP contribution < -0.4 is 0 Å². The van der Waals surface area contributed by atoms with Gasteiger partial charge in [-0.3, -0.25) is 0 Å². The largest absolute Gasteiger partial charge is 0.423 e. The molecule has 0 bridgehead atoms. The highest BCUT2D eigenvalue weighted by molar-refractivity contribution is 9.09. The van der Waals surface area contributed by atoms with Crippen molar-refractivity contribution in [3.05, 3.63) is 0 Å². The second kappa shape index (κ2) is 6.26. The standard InChI is InChI=1S/C9H13BrF6O/c1-5(2)6(3-10)4-17-7(8(11,12)13)9(14,15)16/h5-7H,3-4H2,1-2H3. The van der Waals surface area contributed by atoms with Gasteiger partial charge in [0.1, 0.15) is 0 Å². The molecule has 0 spiro atoms. The summed E-state index contributed by atoms with van der Waals surface area (Å²) in [5, 5.41) is 0.285. The van der Waals surface area contributed by atoms with Crippen LogP contribution in [0.2, 0.25) is 0 Å². The van der Waals surface area contributed by atoms with E-state index >= 15 is 0 Å². The number of halogens is 7. The summed E-state index contributed by atoms with van der Waals surface area (Å²) in [6.45, 7) is 2.81. The van der Waals surface area contributed by atoms with Gasteiger partial charge >= 0.3 is 12.4 Å². The first-order valence-corrected chi connectivity index (χ1v) is 5.93. The number of hydrogen-bond acceptors (Lipinski definition) is 1. The van der Waals surface area contributed by atoms with Gasteiger partial charge in [-0.05, 0) is 11.8 Å². The molecule has 17 heavy (non-hydrogen) atoms. The van der Waals surface area contributed by atoms with Gasteiger partial charge in [-0.15, -0.1) is 0 Å².